The quantitative estimate of drug-likeness (QED) is 0.674. The van der Waals surface area contributed by atoms with E-state index in [2.05, 4.69) is 9.97 Å². The number of rotatable bonds is 7. The Morgan fingerprint density at radius 3 is 3.06 bits per heavy atom. The zero-order chi connectivity index (χ0) is 11.8. The summed E-state index contributed by atoms with van der Waals surface area (Å²) in [7, 11) is 0. The molecular weight excluding hydrogens is 210 g/mol. The summed E-state index contributed by atoms with van der Waals surface area (Å²) in [5, 5.41) is 8.87. The van der Waals surface area contributed by atoms with Crippen molar-refractivity contribution in [3.8, 4) is 0 Å². The lowest BCUT2D eigenvalue weighted by molar-refractivity contribution is -0.137. The third-order valence-electron chi connectivity index (χ3n) is 2.05. The van der Waals surface area contributed by atoms with Gasteiger partial charge in [0.15, 0.2) is 0 Å². The minimum Gasteiger partial charge on any atom is -0.395 e. The number of nitrogens with zero attached hydrogens (tertiary/aromatic N) is 2. The summed E-state index contributed by atoms with van der Waals surface area (Å²) in [6.07, 6.45) is 3.32. The molecule has 1 aromatic rings. The van der Waals surface area contributed by atoms with E-state index >= 15 is 0 Å². The number of carbonyl (C=O) groups excluding carboxylic acids is 1. The average molecular weight is 227 g/mol. The first kappa shape index (κ1) is 12.7. The van der Waals surface area contributed by atoms with Crippen molar-refractivity contribution in [2.75, 3.05) is 26.4 Å². The number of carbonyl (C=O) groups is 1. The molecule has 16 heavy (non-hydrogen) atoms. The number of aromatic amines is 1. The van der Waals surface area contributed by atoms with E-state index in [0.717, 1.165) is 0 Å². The first-order valence-corrected chi connectivity index (χ1v) is 5.22. The van der Waals surface area contributed by atoms with Gasteiger partial charge in [-0.1, -0.05) is 0 Å². The number of hydrogen-bond donors (Lipinski definition) is 2. The molecule has 0 aromatic carbocycles. The van der Waals surface area contributed by atoms with Gasteiger partial charge in [-0.05, 0) is 6.92 Å². The summed E-state index contributed by atoms with van der Waals surface area (Å²) in [5.41, 5.74) is 0. The van der Waals surface area contributed by atoms with Crippen LogP contribution in [-0.4, -0.2) is 52.2 Å². The number of imidazole rings is 1. The second-order valence-corrected chi connectivity index (χ2v) is 3.21. The average Bonchev–Trinajstić information content (AvgIpc) is 2.78. The maximum atomic E-state index is 11.7. The Kier molecular flexibility index (Phi) is 5.52. The van der Waals surface area contributed by atoms with E-state index < -0.39 is 0 Å². The van der Waals surface area contributed by atoms with Crippen LogP contribution in [0.25, 0.3) is 0 Å². The van der Waals surface area contributed by atoms with Crippen molar-refractivity contribution in [1.29, 1.82) is 0 Å². The van der Waals surface area contributed by atoms with Crippen LogP contribution in [0.3, 0.4) is 0 Å². The van der Waals surface area contributed by atoms with Gasteiger partial charge in [-0.3, -0.25) is 4.79 Å². The Hall–Kier alpha value is -1.40. The van der Waals surface area contributed by atoms with Gasteiger partial charge < -0.3 is 19.7 Å². The number of amides is 1. The molecule has 1 aromatic heterocycles. The Balaban J connectivity index is 2.49. The number of aromatic nitrogens is 2. The predicted octanol–water partition coefficient (Wildman–Crippen LogP) is -0.233. The molecule has 0 aliphatic rings. The molecule has 0 saturated carbocycles. The lowest BCUT2D eigenvalue weighted by Crippen LogP contribution is -2.36. The molecule has 0 atom stereocenters. The third-order valence-corrected chi connectivity index (χ3v) is 2.05. The van der Waals surface area contributed by atoms with Crippen LogP contribution < -0.4 is 0 Å². The highest BCUT2D eigenvalue weighted by atomic mass is 16.5. The summed E-state index contributed by atoms with van der Waals surface area (Å²) in [5.74, 6) is 0.547. The van der Waals surface area contributed by atoms with Crippen LogP contribution in [0.5, 0.6) is 0 Å². The molecule has 1 rings (SSSR count). The first-order valence-electron chi connectivity index (χ1n) is 5.22. The summed E-state index contributed by atoms with van der Waals surface area (Å²) >= 11 is 0. The molecule has 6 nitrogen and oxygen atoms in total. The normalized spacial score (nSPS) is 10.4. The molecule has 0 saturated heterocycles. The largest absolute Gasteiger partial charge is 0.395 e. The molecule has 1 heterocycles. The van der Waals surface area contributed by atoms with Crippen LogP contribution in [0.4, 0.5) is 0 Å². The first-order chi connectivity index (χ1) is 7.77. The zero-order valence-electron chi connectivity index (χ0n) is 9.35. The van der Waals surface area contributed by atoms with Crippen molar-refractivity contribution in [2.45, 2.75) is 13.5 Å². The third kappa shape index (κ3) is 4.00. The number of aliphatic hydroxyl groups excluding tert-OH is 1. The molecule has 0 aliphatic heterocycles. The molecule has 0 spiro atoms. The Morgan fingerprint density at radius 1 is 1.69 bits per heavy atom. The molecule has 0 unspecified atom stereocenters. The highest BCUT2D eigenvalue weighted by molar-refractivity contribution is 5.77. The molecule has 1 amide bonds. The van der Waals surface area contributed by atoms with Crippen molar-refractivity contribution in [3.63, 3.8) is 0 Å². The number of aliphatic hydroxyl groups is 1. The molecule has 0 aliphatic carbocycles. The summed E-state index contributed by atoms with van der Waals surface area (Å²) < 4.78 is 5.04. The van der Waals surface area contributed by atoms with Gasteiger partial charge in [0.25, 0.3) is 0 Å². The van der Waals surface area contributed by atoms with E-state index in [1.165, 1.54) is 4.90 Å². The zero-order valence-corrected chi connectivity index (χ0v) is 9.35. The molecule has 6 heteroatoms. The van der Waals surface area contributed by atoms with Gasteiger partial charge in [0, 0.05) is 25.5 Å². The second kappa shape index (κ2) is 6.97. The van der Waals surface area contributed by atoms with Crippen molar-refractivity contribution in [1.82, 2.24) is 14.9 Å². The van der Waals surface area contributed by atoms with Crippen molar-refractivity contribution in [3.05, 3.63) is 18.2 Å². The number of hydrogen-bond acceptors (Lipinski definition) is 4. The topological polar surface area (TPSA) is 78.4 Å². The molecule has 0 fully saturated rings. The van der Waals surface area contributed by atoms with Gasteiger partial charge >= 0.3 is 0 Å². The fraction of sp³-hybridized carbons (Fsp3) is 0.600. The Bertz CT molecular complexity index is 300. The van der Waals surface area contributed by atoms with Crippen molar-refractivity contribution < 1.29 is 14.6 Å². The predicted molar refractivity (Wildman–Crippen MR) is 57.6 cm³/mol. The van der Waals surface area contributed by atoms with Crippen LogP contribution in [0, 0.1) is 0 Å². The van der Waals surface area contributed by atoms with E-state index in [0.29, 0.717) is 19.0 Å². The van der Waals surface area contributed by atoms with E-state index in [1.807, 2.05) is 6.92 Å². The Morgan fingerprint density at radius 2 is 2.50 bits per heavy atom. The van der Waals surface area contributed by atoms with Gasteiger partial charge in [0.05, 0.1) is 13.2 Å². The summed E-state index contributed by atoms with van der Waals surface area (Å²) in [4.78, 5) is 20.1. The van der Waals surface area contributed by atoms with E-state index in [9.17, 15) is 4.79 Å². The van der Waals surface area contributed by atoms with E-state index in [-0.39, 0.29) is 25.7 Å². The molecule has 2 N–H and O–H groups in total. The standard InChI is InChI=1S/C10H17N3O3/c1-2-16-8-10(15)13(5-6-14)7-9-11-3-4-12-9/h3-4,14H,2,5-8H2,1H3,(H,11,12). The highest BCUT2D eigenvalue weighted by Crippen LogP contribution is 1.99. The highest BCUT2D eigenvalue weighted by Gasteiger charge is 2.14. The number of nitrogens with one attached hydrogen (secondary N) is 1. The molecule has 90 valence electrons. The molecule has 0 radical (unpaired) electrons. The van der Waals surface area contributed by atoms with Gasteiger partial charge in [-0.2, -0.15) is 0 Å². The SMILES string of the molecule is CCOCC(=O)N(CCO)Cc1ncc[nH]1. The van der Waals surface area contributed by atoms with E-state index in [4.69, 9.17) is 9.84 Å². The minimum absolute atomic E-state index is 0.0389. The van der Waals surface area contributed by atoms with Crippen LogP contribution >= 0.6 is 0 Å². The fourth-order valence-corrected chi connectivity index (χ4v) is 1.26. The summed E-state index contributed by atoms with van der Waals surface area (Å²) in [6.45, 7) is 2.94. The van der Waals surface area contributed by atoms with Crippen LogP contribution in [-0.2, 0) is 16.1 Å². The molecule has 0 bridgehead atoms. The summed E-state index contributed by atoms with van der Waals surface area (Å²) in [6, 6.07) is 0. The van der Waals surface area contributed by atoms with Gasteiger partial charge in [0.2, 0.25) is 5.91 Å². The van der Waals surface area contributed by atoms with Crippen LogP contribution in [0.1, 0.15) is 12.7 Å². The van der Waals surface area contributed by atoms with Crippen molar-refractivity contribution in [2.24, 2.45) is 0 Å². The number of H-pyrrole nitrogens is 1. The lowest BCUT2D eigenvalue weighted by Gasteiger charge is -2.20. The maximum absolute atomic E-state index is 11.7. The fourth-order valence-electron chi connectivity index (χ4n) is 1.26. The minimum atomic E-state index is -0.146. The second-order valence-electron chi connectivity index (χ2n) is 3.21. The Labute approximate surface area is 94.2 Å². The van der Waals surface area contributed by atoms with E-state index in [1.54, 1.807) is 12.4 Å². The number of ether oxygens (including phenoxy) is 1. The van der Waals surface area contributed by atoms with Gasteiger partial charge in [-0.25, -0.2) is 4.98 Å². The van der Waals surface area contributed by atoms with Gasteiger partial charge in [-0.15, -0.1) is 0 Å². The van der Waals surface area contributed by atoms with Gasteiger partial charge in [0.1, 0.15) is 12.4 Å². The monoisotopic (exact) mass is 227 g/mol. The smallest absolute Gasteiger partial charge is 0.249 e. The van der Waals surface area contributed by atoms with Crippen LogP contribution in [0.2, 0.25) is 0 Å². The van der Waals surface area contributed by atoms with Crippen molar-refractivity contribution >= 4 is 5.91 Å². The lowest BCUT2D eigenvalue weighted by atomic mass is 10.4. The molecular formula is C10H17N3O3. The maximum Gasteiger partial charge on any atom is 0.249 e. The van der Waals surface area contributed by atoms with Crippen LogP contribution in [0.15, 0.2) is 12.4 Å².